The van der Waals surface area contributed by atoms with Gasteiger partial charge in [-0.3, -0.25) is 0 Å². The number of carbonyl (C=O) groups is 1. The number of nitrogen functional groups attached to an aromatic ring is 1. The largest absolute Gasteiger partial charge is 0.507 e. The third-order valence-electron chi connectivity index (χ3n) is 8.49. The predicted molar refractivity (Wildman–Crippen MR) is 163 cm³/mol. The Morgan fingerprint density at radius 1 is 0.860 bits per heavy atom. The molecule has 3 aliphatic heterocycles. The molecular formula is C31H33N9O3. The van der Waals surface area contributed by atoms with Gasteiger partial charge in [0.25, 0.3) is 0 Å². The number of benzene rings is 2. The number of aromatic hydroxyl groups is 1. The molecule has 2 bridgehead atoms. The monoisotopic (exact) mass is 579 g/mol. The minimum atomic E-state index is -0.338. The molecule has 5 heterocycles. The molecule has 2 atom stereocenters. The minimum Gasteiger partial charge on any atom is -0.507 e. The second-order valence-electron chi connectivity index (χ2n) is 11.1. The van der Waals surface area contributed by atoms with Crippen molar-refractivity contribution in [1.82, 2.24) is 25.2 Å². The number of fused-ring (bicyclic) bond motifs is 2. The molecule has 0 amide bonds. The first-order valence-corrected chi connectivity index (χ1v) is 14.6. The first-order valence-electron chi connectivity index (χ1n) is 14.6. The summed E-state index contributed by atoms with van der Waals surface area (Å²) in [6, 6.07) is 18.5. The maximum Gasteiger partial charge on any atom is 0.357 e. The Hall–Kier alpha value is -4.97. The third-order valence-corrected chi connectivity index (χ3v) is 8.49. The van der Waals surface area contributed by atoms with Gasteiger partial charge in [0.15, 0.2) is 5.82 Å². The van der Waals surface area contributed by atoms with E-state index in [0.717, 1.165) is 43.3 Å². The lowest BCUT2D eigenvalue weighted by molar-refractivity contribution is -0.112. The molecule has 12 nitrogen and oxygen atoms in total. The summed E-state index contributed by atoms with van der Waals surface area (Å²) in [5.74, 6) is 0.936. The Labute approximate surface area is 249 Å². The molecule has 3 N–H and O–H groups in total. The quantitative estimate of drug-likeness (QED) is 0.347. The summed E-state index contributed by atoms with van der Waals surface area (Å²) >= 11 is 0. The van der Waals surface area contributed by atoms with Crippen molar-refractivity contribution in [3.8, 4) is 17.0 Å². The number of hydrogen-bond donors (Lipinski definition) is 2. The van der Waals surface area contributed by atoms with Gasteiger partial charge in [-0.25, -0.2) is 14.8 Å². The van der Waals surface area contributed by atoms with E-state index in [9.17, 15) is 9.90 Å². The van der Waals surface area contributed by atoms with Gasteiger partial charge in [-0.15, -0.1) is 15.3 Å². The highest BCUT2D eigenvalue weighted by molar-refractivity contribution is 5.89. The van der Waals surface area contributed by atoms with Crippen LogP contribution in [0.3, 0.4) is 0 Å². The lowest BCUT2D eigenvalue weighted by Gasteiger charge is -2.42. The van der Waals surface area contributed by atoms with Crippen LogP contribution in [-0.2, 0) is 4.84 Å². The van der Waals surface area contributed by atoms with Crippen LogP contribution in [0, 0.1) is 0 Å². The van der Waals surface area contributed by atoms with Crippen molar-refractivity contribution >= 4 is 29.1 Å². The smallest absolute Gasteiger partial charge is 0.357 e. The van der Waals surface area contributed by atoms with E-state index in [1.54, 1.807) is 29.3 Å². The number of phenolic OH excluding ortho intramolecular Hbond substituents is 1. The van der Waals surface area contributed by atoms with Gasteiger partial charge < -0.3 is 30.4 Å². The summed E-state index contributed by atoms with van der Waals surface area (Å²) in [5, 5.41) is 20.5. The molecule has 220 valence electrons. The van der Waals surface area contributed by atoms with Crippen molar-refractivity contribution in [2.45, 2.75) is 24.9 Å². The van der Waals surface area contributed by atoms with E-state index in [-0.39, 0.29) is 23.8 Å². The Balaban J connectivity index is 0.988. The number of aromatic nitrogens is 4. The summed E-state index contributed by atoms with van der Waals surface area (Å²) in [7, 11) is 0. The first kappa shape index (κ1) is 26.9. The average Bonchev–Trinajstić information content (AvgIpc) is 3.31. The van der Waals surface area contributed by atoms with Gasteiger partial charge in [-0.2, -0.15) is 0 Å². The predicted octanol–water partition coefficient (Wildman–Crippen LogP) is 2.97. The molecule has 12 heteroatoms. The molecule has 0 aliphatic carbocycles. The molecule has 0 radical (unpaired) electrons. The molecule has 3 aliphatic rings. The SMILES string of the molecule is Nc1nnc(-c2ccccc2O)cc1N1C[C@H]2CC[C@@H](C1)N2c1ncc(N2CCN(OC(=O)c3ccccc3)CC2)cn1. The first-order chi connectivity index (χ1) is 21.0. The Morgan fingerprint density at radius 3 is 2.23 bits per heavy atom. The number of rotatable bonds is 6. The number of nitrogens with zero attached hydrogens (tertiary/aromatic N) is 8. The fraction of sp³-hybridized carbons (Fsp3) is 0.323. The Kier molecular flexibility index (Phi) is 7.11. The normalized spacial score (nSPS) is 20.3. The van der Waals surface area contributed by atoms with E-state index in [2.05, 4.69) is 24.9 Å². The molecule has 3 saturated heterocycles. The van der Waals surface area contributed by atoms with Crippen LogP contribution in [0.5, 0.6) is 5.75 Å². The molecule has 2 aromatic heterocycles. The highest BCUT2D eigenvalue weighted by atomic mass is 16.7. The van der Waals surface area contributed by atoms with Crippen LogP contribution in [0.2, 0.25) is 0 Å². The van der Waals surface area contributed by atoms with Crippen molar-refractivity contribution in [2.24, 2.45) is 0 Å². The lowest BCUT2D eigenvalue weighted by Crippen LogP contribution is -2.54. The number of nitrogens with two attached hydrogens (primary N) is 1. The van der Waals surface area contributed by atoms with E-state index < -0.39 is 0 Å². The molecule has 4 aromatic rings. The van der Waals surface area contributed by atoms with Gasteiger partial charge in [-0.1, -0.05) is 30.3 Å². The number of phenols is 1. The molecule has 0 unspecified atom stereocenters. The van der Waals surface area contributed by atoms with Crippen LogP contribution < -0.4 is 20.4 Å². The minimum absolute atomic E-state index is 0.159. The van der Waals surface area contributed by atoms with Crippen molar-refractivity contribution in [1.29, 1.82) is 0 Å². The molecule has 0 saturated carbocycles. The van der Waals surface area contributed by atoms with Crippen molar-refractivity contribution in [2.75, 3.05) is 59.7 Å². The average molecular weight is 580 g/mol. The van der Waals surface area contributed by atoms with Crippen LogP contribution in [0.25, 0.3) is 11.3 Å². The van der Waals surface area contributed by atoms with Gasteiger partial charge in [0.05, 0.1) is 48.1 Å². The van der Waals surface area contributed by atoms with E-state index in [4.69, 9.17) is 20.5 Å². The van der Waals surface area contributed by atoms with Gasteiger partial charge >= 0.3 is 5.97 Å². The summed E-state index contributed by atoms with van der Waals surface area (Å²) in [6.07, 6.45) is 5.87. The maximum absolute atomic E-state index is 12.4. The Morgan fingerprint density at radius 2 is 1.53 bits per heavy atom. The fourth-order valence-corrected chi connectivity index (χ4v) is 6.29. The van der Waals surface area contributed by atoms with Crippen LogP contribution in [0.15, 0.2) is 73.1 Å². The van der Waals surface area contributed by atoms with Gasteiger partial charge in [0.2, 0.25) is 5.95 Å². The summed E-state index contributed by atoms with van der Waals surface area (Å²) in [4.78, 5) is 34.4. The number of carbonyl (C=O) groups excluding carboxylic acids is 1. The molecule has 3 fully saturated rings. The van der Waals surface area contributed by atoms with Crippen molar-refractivity contribution in [3.05, 3.63) is 78.6 Å². The zero-order chi connectivity index (χ0) is 29.3. The second-order valence-corrected chi connectivity index (χ2v) is 11.1. The maximum atomic E-state index is 12.4. The van der Waals surface area contributed by atoms with Crippen LogP contribution in [0.1, 0.15) is 23.2 Å². The highest BCUT2D eigenvalue weighted by Crippen LogP contribution is 2.38. The number of hydrogen-bond acceptors (Lipinski definition) is 12. The molecule has 2 aromatic carbocycles. The molecular weight excluding hydrogens is 546 g/mol. The zero-order valence-electron chi connectivity index (χ0n) is 23.7. The van der Waals surface area contributed by atoms with E-state index in [1.807, 2.05) is 48.8 Å². The van der Waals surface area contributed by atoms with Crippen LogP contribution in [-0.4, -0.2) is 87.7 Å². The van der Waals surface area contributed by atoms with Crippen LogP contribution in [0.4, 0.5) is 23.1 Å². The van der Waals surface area contributed by atoms with Gasteiger partial charge in [-0.05, 0) is 43.2 Å². The van der Waals surface area contributed by atoms with Crippen molar-refractivity contribution in [3.63, 3.8) is 0 Å². The summed E-state index contributed by atoms with van der Waals surface area (Å²) in [6.45, 7) is 4.15. The summed E-state index contributed by atoms with van der Waals surface area (Å²) in [5.41, 5.74) is 9.83. The lowest BCUT2D eigenvalue weighted by atomic mass is 10.1. The number of para-hydroxylation sites is 1. The fourth-order valence-electron chi connectivity index (χ4n) is 6.29. The van der Waals surface area contributed by atoms with E-state index >= 15 is 0 Å². The standard InChI is InChI=1S/C31H33N9O3/c32-29-27(16-26(35-36-29)25-8-4-5-9-28(25)41)38-19-22-10-11-23(20-38)40(22)31-33-17-24(18-34-31)37-12-14-39(15-13-37)43-30(42)21-6-2-1-3-7-21/h1-9,16-18,22-23,41H,10-15,19-20H2,(H2,32,36)/t22-,23+. The van der Waals surface area contributed by atoms with Gasteiger partial charge in [0, 0.05) is 43.8 Å². The number of anilines is 4. The van der Waals surface area contributed by atoms with E-state index in [1.165, 1.54) is 0 Å². The summed E-state index contributed by atoms with van der Waals surface area (Å²) < 4.78 is 0. The number of hydroxylamine groups is 2. The second kappa shape index (κ2) is 11.4. The van der Waals surface area contributed by atoms with E-state index in [0.29, 0.717) is 48.8 Å². The number of piperazine rings is 2. The van der Waals surface area contributed by atoms with Crippen LogP contribution >= 0.6 is 0 Å². The third kappa shape index (κ3) is 5.37. The van der Waals surface area contributed by atoms with Gasteiger partial charge in [0.1, 0.15) is 5.75 Å². The zero-order valence-corrected chi connectivity index (χ0v) is 23.7. The molecule has 0 spiro atoms. The molecule has 43 heavy (non-hydrogen) atoms. The Bertz CT molecular complexity index is 1580. The molecule has 7 rings (SSSR count). The highest BCUT2D eigenvalue weighted by Gasteiger charge is 2.42. The topological polar surface area (TPSA) is 137 Å². The van der Waals surface area contributed by atoms with Crippen molar-refractivity contribution < 1.29 is 14.7 Å².